The van der Waals surface area contributed by atoms with Crippen LogP contribution >= 0.6 is 23.1 Å². The van der Waals surface area contributed by atoms with Crippen LogP contribution in [-0.4, -0.2) is 46.7 Å². The standard InChI is InChI=1S/C22H25FN4O4S2/c1-21(2,3)31-20(29)26-19-27-22(6-8-30-11-13(22)12-33-19)15-10-14(4-5-16(15)23)25-17(28)18-24-7-9-32-18/h4-5,7,9-10,13H,6,8,11-12H2,1-3H3,(H,25,28)(H,26,27,29)/t13?,22-/m0/s1. The summed E-state index contributed by atoms with van der Waals surface area (Å²) in [6.45, 7) is 6.16. The molecule has 176 valence electrons. The highest BCUT2D eigenvalue weighted by Crippen LogP contribution is 2.46. The second-order valence-electron chi connectivity index (χ2n) is 8.79. The van der Waals surface area contributed by atoms with Crippen LogP contribution in [0, 0.1) is 11.7 Å². The lowest BCUT2D eigenvalue weighted by molar-refractivity contribution is 0.00869. The van der Waals surface area contributed by atoms with E-state index in [4.69, 9.17) is 14.5 Å². The van der Waals surface area contributed by atoms with Crippen molar-refractivity contribution < 1.29 is 23.5 Å². The van der Waals surface area contributed by atoms with E-state index in [1.54, 1.807) is 38.4 Å². The third-order valence-corrected chi connectivity index (χ3v) is 7.08. The third-order valence-electron chi connectivity index (χ3n) is 5.27. The monoisotopic (exact) mass is 492 g/mol. The molecule has 0 saturated carbocycles. The van der Waals surface area contributed by atoms with Crippen molar-refractivity contribution in [3.05, 3.63) is 46.2 Å². The highest BCUT2D eigenvalue weighted by molar-refractivity contribution is 8.13. The van der Waals surface area contributed by atoms with Gasteiger partial charge in [0.1, 0.15) is 11.4 Å². The van der Waals surface area contributed by atoms with Crippen molar-refractivity contribution >= 4 is 46.0 Å². The first-order chi connectivity index (χ1) is 15.7. The maximum Gasteiger partial charge on any atom is 0.413 e. The topological polar surface area (TPSA) is 102 Å². The largest absolute Gasteiger partial charge is 0.444 e. The van der Waals surface area contributed by atoms with Crippen molar-refractivity contribution in [1.29, 1.82) is 0 Å². The highest BCUT2D eigenvalue weighted by Gasteiger charge is 2.47. The zero-order chi connectivity index (χ0) is 23.6. The molecule has 1 fully saturated rings. The number of thiazole rings is 1. The number of aromatic nitrogens is 1. The number of aliphatic imine (C=N–C) groups is 1. The maximum atomic E-state index is 15.2. The molecule has 1 saturated heterocycles. The van der Waals surface area contributed by atoms with Crippen LogP contribution in [0.2, 0.25) is 0 Å². The zero-order valence-corrected chi connectivity index (χ0v) is 20.1. The fourth-order valence-corrected chi connectivity index (χ4v) is 5.49. The summed E-state index contributed by atoms with van der Waals surface area (Å²) in [5.74, 6) is -0.302. The van der Waals surface area contributed by atoms with Crippen molar-refractivity contribution in [3.8, 4) is 0 Å². The van der Waals surface area contributed by atoms with E-state index in [1.165, 1.54) is 35.2 Å². The summed E-state index contributed by atoms with van der Waals surface area (Å²) in [7, 11) is 0. The molecule has 2 amide bonds. The normalized spacial score (nSPS) is 22.7. The molecule has 0 bridgehead atoms. The van der Waals surface area contributed by atoms with Crippen LogP contribution in [0.4, 0.5) is 14.9 Å². The minimum absolute atomic E-state index is 0.0974. The molecule has 1 aromatic heterocycles. The van der Waals surface area contributed by atoms with Gasteiger partial charge in [0.05, 0.1) is 12.1 Å². The smallest absolute Gasteiger partial charge is 0.413 e. The molecule has 0 spiro atoms. The Morgan fingerprint density at radius 2 is 2.12 bits per heavy atom. The molecule has 2 aliphatic rings. The van der Waals surface area contributed by atoms with Gasteiger partial charge in [-0.2, -0.15) is 0 Å². The second-order valence-corrected chi connectivity index (χ2v) is 10.7. The van der Waals surface area contributed by atoms with Crippen molar-refractivity contribution in [1.82, 2.24) is 10.3 Å². The number of halogens is 1. The molecule has 2 N–H and O–H groups in total. The summed E-state index contributed by atoms with van der Waals surface area (Å²) >= 11 is 2.60. The van der Waals surface area contributed by atoms with Crippen LogP contribution in [0.25, 0.3) is 0 Å². The average Bonchev–Trinajstić information content (AvgIpc) is 3.28. The molecular formula is C22H25FN4O4S2. The van der Waals surface area contributed by atoms with E-state index in [2.05, 4.69) is 15.6 Å². The van der Waals surface area contributed by atoms with E-state index >= 15 is 4.39 Å². The van der Waals surface area contributed by atoms with Gasteiger partial charge in [-0.3, -0.25) is 15.1 Å². The number of anilines is 1. The molecule has 1 unspecified atom stereocenters. The fourth-order valence-electron chi connectivity index (χ4n) is 3.85. The van der Waals surface area contributed by atoms with E-state index in [9.17, 15) is 9.59 Å². The molecule has 33 heavy (non-hydrogen) atoms. The lowest BCUT2D eigenvalue weighted by Crippen LogP contribution is -2.48. The van der Waals surface area contributed by atoms with E-state index in [1.807, 2.05) is 0 Å². The van der Waals surface area contributed by atoms with Crippen molar-refractivity contribution in [3.63, 3.8) is 0 Å². The number of amidine groups is 1. The average molecular weight is 493 g/mol. The van der Waals surface area contributed by atoms with Gasteiger partial charge in [-0.25, -0.2) is 14.2 Å². The second kappa shape index (κ2) is 9.40. The highest BCUT2D eigenvalue weighted by atomic mass is 32.2. The summed E-state index contributed by atoms with van der Waals surface area (Å²) < 4.78 is 26.2. The first-order valence-corrected chi connectivity index (χ1v) is 12.3. The number of ether oxygens (including phenoxy) is 2. The van der Waals surface area contributed by atoms with E-state index in [-0.39, 0.29) is 11.8 Å². The lowest BCUT2D eigenvalue weighted by atomic mass is 9.75. The Balaban J connectivity index is 1.66. The number of hydrogen-bond donors (Lipinski definition) is 2. The molecule has 2 aliphatic heterocycles. The molecular weight excluding hydrogens is 467 g/mol. The molecule has 11 heteroatoms. The molecule has 3 heterocycles. The van der Waals surface area contributed by atoms with Crippen LogP contribution in [-0.2, 0) is 15.0 Å². The summed E-state index contributed by atoms with van der Waals surface area (Å²) in [4.78, 5) is 33.6. The number of nitrogens with one attached hydrogen (secondary N) is 2. The predicted molar refractivity (Wildman–Crippen MR) is 126 cm³/mol. The number of amides is 2. The van der Waals surface area contributed by atoms with Crippen LogP contribution in [0.5, 0.6) is 0 Å². The first kappa shape index (κ1) is 23.7. The summed E-state index contributed by atoms with van der Waals surface area (Å²) in [5, 5.41) is 7.88. The van der Waals surface area contributed by atoms with Crippen LogP contribution < -0.4 is 10.6 Å². The van der Waals surface area contributed by atoms with Crippen molar-refractivity contribution in [2.45, 2.75) is 38.3 Å². The zero-order valence-electron chi connectivity index (χ0n) is 18.5. The number of thioether (sulfide) groups is 1. The van der Waals surface area contributed by atoms with E-state index in [0.717, 1.165) is 0 Å². The number of nitrogens with zero attached hydrogens (tertiary/aromatic N) is 2. The van der Waals surface area contributed by atoms with Gasteiger partial charge in [0, 0.05) is 47.5 Å². The number of carbonyl (C=O) groups is 2. The number of rotatable bonds is 3. The molecule has 4 rings (SSSR count). The van der Waals surface area contributed by atoms with Gasteiger partial charge in [-0.05, 0) is 39.0 Å². The van der Waals surface area contributed by atoms with Gasteiger partial charge < -0.3 is 14.8 Å². The Hall–Kier alpha value is -2.50. The van der Waals surface area contributed by atoms with Crippen LogP contribution in [0.1, 0.15) is 42.6 Å². The minimum Gasteiger partial charge on any atom is -0.444 e. The van der Waals surface area contributed by atoms with Gasteiger partial charge in [0.15, 0.2) is 10.2 Å². The number of fused-ring (bicyclic) bond motifs is 1. The molecule has 2 atom stereocenters. The Labute approximate surface area is 199 Å². The Bertz CT molecular complexity index is 1070. The Kier molecular flexibility index (Phi) is 6.73. The number of carbonyl (C=O) groups excluding carboxylic acids is 2. The summed E-state index contributed by atoms with van der Waals surface area (Å²) in [5.41, 5.74) is -0.781. The number of alkyl carbamates (subject to hydrolysis) is 1. The van der Waals surface area contributed by atoms with Crippen LogP contribution in [0.15, 0.2) is 34.8 Å². The summed E-state index contributed by atoms with van der Waals surface area (Å²) in [6.07, 6.45) is 1.38. The molecule has 1 aromatic carbocycles. The SMILES string of the molecule is CC(C)(C)OC(=O)NC1=N[C@@]2(c3cc(NC(=O)c4nccs4)ccc3F)CCOCC2CS1. The van der Waals surface area contributed by atoms with Gasteiger partial charge in [-0.1, -0.05) is 11.8 Å². The Morgan fingerprint density at radius 3 is 2.85 bits per heavy atom. The van der Waals surface area contributed by atoms with Gasteiger partial charge in [0.25, 0.3) is 5.91 Å². The Morgan fingerprint density at radius 1 is 1.30 bits per heavy atom. The lowest BCUT2D eigenvalue weighted by Gasteiger charge is -2.44. The first-order valence-electron chi connectivity index (χ1n) is 10.5. The molecule has 8 nitrogen and oxygen atoms in total. The maximum absolute atomic E-state index is 15.2. The molecule has 0 aliphatic carbocycles. The molecule has 0 radical (unpaired) electrons. The number of benzene rings is 1. The van der Waals surface area contributed by atoms with Gasteiger partial charge in [-0.15, -0.1) is 11.3 Å². The predicted octanol–water partition coefficient (Wildman–Crippen LogP) is 4.39. The van der Waals surface area contributed by atoms with Crippen LogP contribution in [0.3, 0.4) is 0 Å². The van der Waals surface area contributed by atoms with Gasteiger partial charge in [0.2, 0.25) is 0 Å². The molecule has 2 aromatic rings. The fraction of sp³-hybridized carbons (Fsp3) is 0.455. The van der Waals surface area contributed by atoms with Crippen molar-refractivity contribution in [2.75, 3.05) is 24.3 Å². The van der Waals surface area contributed by atoms with Crippen molar-refractivity contribution in [2.24, 2.45) is 10.9 Å². The third kappa shape index (κ3) is 5.36. The minimum atomic E-state index is -0.931. The van der Waals surface area contributed by atoms with E-state index < -0.39 is 23.1 Å². The van der Waals surface area contributed by atoms with Gasteiger partial charge >= 0.3 is 6.09 Å². The van der Waals surface area contributed by atoms with E-state index in [0.29, 0.717) is 46.8 Å². The summed E-state index contributed by atoms with van der Waals surface area (Å²) in [6, 6.07) is 4.45. The number of hydrogen-bond acceptors (Lipinski definition) is 8. The quantitative estimate of drug-likeness (QED) is 0.659.